The van der Waals surface area contributed by atoms with E-state index in [0.717, 1.165) is 5.56 Å². The van der Waals surface area contributed by atoms with Crippen molar-refractivity contribution in [3.63, 3.8) is 0 Å². The van der Waals surface area contributed by atoms with Gasteiger partial charge in [0.25, 0.3) is 0 Å². The van der Waals surface area contributed by atoms with Crippen LogP contribution in [0.25, 0.3) is 11.1 Å². The average molecular weight is 482 g/mol. The second kappa shape index (κ2) is 11.1. The van der Waals surface area contributed by atoms with E-state index in [2.05, 4.69) is 0 Å². The summed E-state index contributed by atoms with van der Waals surface area (Å²) in [6.07, 6.45) is -0.151. The quantitative estimate of drug-likeness (QED) is 0.360. The van der Waals surface area contributed by atoms with Gasteiger partial charge in [-0.1, -0.05) is 42.5 Å². The van der Waals surface area contributed by atoms with Crippen molar-refractivity contribution >= 4 is 12.4 Å². The van der Waals surface area contributed by atoms with Crippen molar-refractivity contribution in [2.24, 2.45) is 0 Å². The molecule has 0 saturated heterocycles. The highest BCUT2D eigenvalue weighted by Gasteiger charge is 2.29. The summed E-state index contributed by atoms with van der Waals surface area (Å²) in [6, 6.07) is 16.5. The normalized spacial score (nSPS) is 12.1. The zero-order chi connectivity index (χ0) is 25.6. The molecule has 0 bridgehead atoms. The van der Waals surface area contributed by atoms with Gasteiger partial charge >= 0.3 is 6.09 Å². The number of ether oxygens (including phenoxy) is 2. The molecule has 0 fully saturated rings. The molecule has 0 heterocycles. The Hall–Kier alpha value is -3.74. The highest BCUT2D eigenvalue weighted by Crippen LogP contribution is 2.27. The summed E-state index contributed by atoms with van der Waals surface area (Å²) in [4.78, 5) is 26.5. The molecular weight excluding hydrogens is 452 g/mol. The highest BCUT2D eigenvalue weighted by atomic mass is 19.1. The van der Waals surface area contributed by atoms with Gasteiger partial charge in [-0.05, 0) is 61.7 Å². The first-order valence-corrected chi connectivity index (χ1v) is 11.2. The molecule has 1 atom stereocenters. The van der Waals surface area contributed by atoms with E-state index in [1.54, 1.807) is 76.4 Å². The van der Waals surface area contributed by atoms with E-state index in [1.165, 1.54) is 23.1 Å². The average Bonchev–Trinajstić information content (AvgIpc) is 2.81. The molecule has 0 aliphatic rings. The van der Waals surface area contributed by atoms with Crippen LogP contribution in [0.4, 0.5) is 13.6 Å². The molecule has 0 spiro atoms. The molecule has 3 aromatic carbocycles. The molecule has 3 rings (SSSR count). The Labute approximate surface area is 204 Å². The fourth-order valence-electron chi connectivity index (χ4n) is 3.64. The van der Waals surface area contributed by atoms with Gasteiger partial charge in [0.05, 0.1) is 13.2 Å². The first-order valence-electron chi connectivity index (χ1n) is 11.2. The van der Waals surface area contributed by atoms with Crippen molar-refractivity contribution in [1.29, 1.82) is 0 Å². The monoisotopic (exact) mass is 481 g/mol. The number of methoxy groups -OCH3 is 1. The van der Waals surface area contributed by atoms with Crippen LogP contribution in [-0.2, 0) is 22.5 Å². The van der Waals surface area contributed by atoms with Crippen LogP contribution >= 0.6 is 0 Å². The van der Waals surface area contributed by atoms with Crippen LogP contribution in [0.5, 0.6) is 5.75 Å². The van der Waals surface area contributed by atoms with E-state index in [0.29, 0.717) is 17.6 Å². The fraction of sp³-hybridized carbons (Fsp3) is 0.286. The van der Waals surface area contributed by atoms with E-state index < -0.39 is 29.4 Å². The maximum atomic E-state index is 15.4. The van der Waals surface area contributed by atoms with Gasteiger partial charge in [0, 0.05) is 18.5 Å². The number of halogens is 2. The third kappa shape index (κ3) is 6.88. The van der Waals surface area contributed by atoms with Gasteiger partial charge in [-0.3, -0.25) is 4.90 Å². The van der Waals surface area contributed by atoms with Crippen molar-refractivity contribution in [1.82, 2.24) is 4.90 Å². The SMILES string of the molecule is COc1ccc(CN(C(=O)OC(C)(C)C)C(C=O)Cc2cccc(-c3cccc(F)c3)c2F)cc1. The van der Waals surface area contributed by atoms with Gasteiger partial charge in [-0.25, -0.2) is 13.6 Å². The number of carbonyl (C=O) groups excluding carboxylic acids is 2. The Balaban J connectivity index is 1.93. The number of hydrogen-bond acceptors (Lipinski definition) is 4. The number of benzene rings is 3. The lowest BCUT2D eigenvalue weighted by atomic mass is 9.98. The molecule has 1 unspecified atom stereocenters. The Bertz CT molecular complexity index is 1170. The van der Waals surface area contributed by atoms with Crippen molar-refractivity contribution in [3.05, 3.63) is 89.5 Å². The van der Waals surface area contributed by atoms with Gasteiger partial charge in [0.1, 0.15) is 29.3 Å². The van der Waals surface area contributed by atoms with E-state index in [-0.39, 0.29) is 24.1 Å². The molecule has 3 aromatic rings. The molecule has 5 nitrogen and oxygen atoms in total. The van der Waals surface area contributed by atoms with Crippen molar-refractivity contribution in [3.8, 4) is 16.9 Å². The molecule has 0 aliphatic carbocycles. The summed E-state index contributed by atoms with van der Waals surface area (Å²) >= 11 is 0. The minimum absolute atomic E-state index is 0.0755. The van der Waals surface area contributed by atoms with Crippen molar-refractivity contribution in [2.75, 3.05) is 7.11 Å². The smallest absolute Gasteiger partial charge is 0.411 e. The zero-order valence-corrected chi connectivity index (χ0v) is 20.3. The largest absolute Gasteiger partial charge is 0.497 e. The summed E-state index contributed by atoms with van der Waals surface area (Å²) in [5.74, 6) is -0.395. The molecule has 35 heavy (non-hydrogen) atoms. The first-order chi connectivity index (χ1) is 16.6. The molecule has 0 saturated carbocycles. The number of rotatable bonds is 8. The summed E-state index contributed by atoms with van der Waals surface area (Å²) in [7, 11) is 1.55. The van der Waals surface area contributed by atoms with Crippen LogP contribution in [0.15, 0.2) is 66.7 Å². The topological polar surface area (TPSA) is 55.8 Å². The molecule has 184 valence electrons. The molecule has 7 heteroatoms. The van der Waals surface area contributed by atoms with Gasteiger partial charge in [-0.15, -0.1) is 0 Å². The minimum Gasteiger partial charge on any atom is -0.497 e. The lowest BCUT2D eigenvalue weighted by Crippen LogP contribution is -2.45. The third-order valence-electron chi connectivity index (χ3n) is 5.34. The van der Waals surface area contributed by atoms with E-state index in [4.69, 9.17) is 9.47 Å². The third-order valence-corrected chi connectivity index (χ3v) is 5.34. The lowest BCUT2D eigenvalue weighted by molar-refractivity contribution is -0.112. The summed E-state index contributed by atoms with van der Waals surface area (Å²) in [5, 5.41) is 0. The fourth-order valence-corrected chi connectivity index (χ4v) is 3.64. The van der Waals surface area contributed by atoms with Crippen LogP contribution in [0.2, 0.25) is 0 Å². The van der Waals surface area contributed by atoms with Gasteiger partial charge in [0.2, 0.25) is 0 Å². The molecule has 0 radical (unpaired) electrons. The number of hydrogen-bond donors (Lipinski definition) is 0. The molecule has 0 aliphatic heterocycles. The highest BCUT2D eigenvalue weighted by molar-refractivity contribution is 5.74. The Kier molecular flexibility index (Phi) is 8.22. The van der Waals surface area contributed by atoms with Crippen molar-refractivity contribution < 1.29 is 27.8 Å². The Morgan fingerprint density at radius 3 is 2.31 bits per heavy atom. The van der Waals surface area contributed by atoms with Crippen LogP contribution in [0, 0.1) is 11.6 Å². The zero-order valence-electron chi connectivity index (χ0n) is 20.3. The molecule has 0 N–H and O–H groups in total. The number of amides is 1. The van der Waals surface area contributed by atoms with Gasteiger partial charge in [0.15, 0.2) is 0 Å². The molecule has 1 amide bonds. The Morgan fingerprint density at radius 1 is 1.03 bits per heavy atom. The predicted octanol–water partition coefficient (Wildman–Crippen LogP) is 6.19. The number of aldehydes is 1. The summed E-state index contributed by atoms with van der Waals surface area (Å²) < 4.78 is 39.9. The number of nitrogens with zero attached hydrogens (tertiary/aromatic N) is 1. The second-order valence-electron chi connectivity index (χ2n) is 9.15. The van der Waals surface area contributed by atoms with Crippen LogP contribution in [0.1, 0.15) is 31.9 Å². The number of carbonyl (C=O) groups is 2. The maximum absolute atomic E-state index is 15.4. The van der Waals surface area contributed by atoms with Crippen LogP contribution < -0.4 is 4.74 Å². The predicted molar refractivity (Wildman–Crippen MR) is 130 cm³/mol. The van der Waals surface area contributed by atoms with Gasteiger partial charge < -0.3 is 14.3 Å². The van der Waals surface area contributed by atoms with Crippen molar-refractivity contribution in [2.45, 2.75) is 45.4 Å². The van der Waals surface area contributed by atoms with E-state index in [9.17, 15) is 14.0 Å². The minimum atomic E-state index is -0.996. The first kappa shape index (κ1) is 25.9. The summed E-state index contributed by atoms with van der Waals surface area (Å²) in [6.45, 7) is 5.27. The standard InChI is InChI=1S/C28H29F2NO4/c1-28(2,3)35-27(33)31(17-19-11-13-24(34-4)14-12-19)23(18-32)16-21-8-6-10-25(26(21)30)20-7-5-9-22(29)15-20/h5-15,18,23H,16-17H2,1-4H3. The van der Waals surface area contributed by atoms with Crippen LogP contribution in [-0.4, -0.2) is 36.0 Å². The van der Waals surface area contributed by atoms with Gasteiger partial charge in [-0.2, -0.15) is 0 Å². The second-order valence-corrected chi connectivity index (χ2v) is 9.15. The lowest BCUT2D eigenvalue weighted by Gasteiger charge is -2.31. The Morgan fingerprint density at radius 2 is 1.71 bits per heavy atom. The van der Waals surface area contributed by atoms with E-state index in [1.807, 2.05) is 0 Å². The summed E-state index contributed by atoms with van der Waals surface area (Å²) in [5.41, 5.74) is 0.787. The molecular formula is C28H29F2NO4. The van der Waals surface area contributed by atoms with Crippen LogP contribution in [0.3, 0.4) is 0 Å². The maximum Gasteiger partial charge on any atom is 0.411 e. The van der Waals surface area contributed by atoms with E-state index >= 15 is 4.39 Å². The molecule has 0 aromatic heterocycles.